The highest BCUT2D eigenvalue weighted by Crippen LogP contribution is 2.24. The van der Waals surface area contributed by atoms with Gasteiger partial charge in [-0.25, -0.2) is 0 Å². The standard InChI is InChI=1S/C21H32ClN2O3.2CH2/c22-20-9-8-18(16-27-13-11-23-10-12-25)14-19(20)21(26)24-15-17-6-4-2-1-3-5-7-17;;/h8-9,14,23,25H,1-7,10-13,15-16H2,(H,24,26);2*1H2. The molecule has 0 bridgehead atoms. The Morgan fingerprint density at radius 1 is 1.07 bits per heavy atom. The number of hydrogen-bond acceptors (Lipinski definition) is 4. The largest absolute Gasteiger partial charge is 0.395 e. The van der Waals surface area contributed by atoms with Crippen molar-refractivity contribution in [3.05, 3.63) is 55.1 Å². The van der Waals surface area contributed by atoms with Crippen LogP contribution in [0.2, 0.25) is 5.02 Å². The molecule has 1 fully saturated rings. The molecule has 1 aliphatic carbocycles. The van der Waals surface area contributed by atoms with E-state index >= 15 is 0 Å². The van der Waals surface area contributed by atoms with Gasteiger partial charge in [0.25, 0.3) is 5.91 Å². The van der Waals surface area contributed by atoms with Crippen LogP contribution in [-0.4, -0.2) is 43.9 Å². The molecule has 5 radical (unpaired) electrons. The predicted molar refractivity (Wildman–Crippen MR) is 120 cm³/mol. The Kier molecular flexibility index (Phi) is 16.0. The Balaban J connectivity index is 0.00000392. The van der Waals surface area contributed by atoms with Gasteiger partial charge < -0.3 is 20.5 Å². The van der Waals surface area contributed by atoms with Gasteiger partial charge in [-0.15, -0.1) is 0 Å². The highest BCUT2D eigenvalue weighted by Gasteiger charge is 2.16. The van der Waals surface area contributed by atoms with Crippen LogP contribution in [0.5, 0.6) is 0 Å². The summed E-state index contributed by atoms with van der Waals surface area (Å²) in [4.78, 5) is 12.6. The third-order valence-electron chi connectivity index (χ3n) is 4.82. The zero-order chi connectivity index (χ0) is 19.3. The molecule has 3 N–H and O–H groups in total. The fourth-order valence-electron chi connectivity index (χ4n) is 3.26. The summed E-state index contributed by atoms with van der Waals surface area (Å²) in [6.45, 7) is 2.98. The average Bonchev–Trinajstić information content (AvgIpc) is 2.64. The van der Waals surface area contributed by atoms with Gasteiger partial charge in [-0.2, -0.15) is 0 Å². The normalized spacial score (nSPS) is 14.8. The van der Waals surface area contributed by atoms with Crippen LogP contribution >= 0.6 is 11.6 Å². The minimum atomic E-state index is -0.124. The molecule has 5 nitrogen and oxygen atoms in total. The minimum absolute atomic E-state index is 0. The van der Waals surface area contributed by atoms with Crippen LogP contribution in [-0.2, 0) is 11.3 Å². The zero-order valence-electron chi connectivity index (χ0n) is 17.5. The summed E-state index contributed by atoms with van der Waals surface area (Å²) in [5.74, 6) is 1.31. The van der Waals surface area contributed by atoms with E-state index in [0.717, 1.165) is 18.4 Å². The second kappa shape index (κ2) is 16.6. The number of carbonyl (C=O) groups is 1. The maximum Gasteiger partial charge on any atom is 0.252 e. The molecule has 1 aromatic rings. The van der Waals surface area contributed by atoms with E-state index in [1.54, 1.807) is 6.07 Å². The number of halogens is 1. The second-order valence-corrected chi connectivity index (χ2v) is 7.45. The van der Waals surface area contributed by atoms with Crippen LogP contribution in [0.4, 0.5) is 0 Å². The highest BCUT2D eigenvalue weighted by molar-refractivity contribution is 6.33. The lowest BCUT2D eigenvalue weighted by Crippen LogP contribution is -2.29. The van der Waals surface area contributed by atoms with Gasteiger partial charge in [0.15, 0.2) is 0 Å². The average molecular weight is 424 g/mol. The molecule has 1 saturated carbocycles. The molecule has 163 valence electrons. The van der Waals surface area contributed by atoms with Gasteiger partial charge in [-0.05, 0) is 36.5 Å². The van der Waals surface area contributed by atoms with Crippen LogP contribution < -0.4 is 10.6 Å². The predicted octanol–water partition coefficient (Wildman–Crippen LogP) is 4.14. The van der Waals surface area contributed by atoms with Crippen LogP contribution in [0, 0.1) is 20.8 Å². The summed E-state index contributed by atoms with van der Waals surface area (Å²) >= 11 is 6.24. The van der Waals surface area contributed by atoms with Gasteiger partial charge in [0.1, 0.15) is 0 Å². The van der Waals surface area contributed by atoms with Crippen molar-refractivity contribution in [2.75, 3.05) is 32.8 Å². The summed E-state index contributed by atoms with van der Waals surface area (Å²) in [6.07, 6.45) is 8.61. The van der Waals surface area contributed by atoms with Gasteiger partial charge in [0.2, 0.25) is 0 Å². The Hall–Kier alpha value is -1.14. The summed E-state index contributed by atoms with van der Waals surface area (Å²) < 4.78 is 5.60. The van der Waals surface area contributed by atoms with E-state index in [2.05, 4.69) is 10.6 Å². The SMILES string of the molecule is O=C(NC[C]1CCCCCCC1)c1cc(COCCNCCO)ccc1Cl.[CH2].[CH2]. The number of carbonyl (C=O) groups excluding carboxylic acids is 1. The molecule has 2 rings (SSSR count). The molecular weight excluding hydrogens is 388 g/mol. The molecule has 0 unspecified atom stereocenters. The van der Waals surface area contributed by atoms with Crippen LogP contribution in [0.25, 0.3) is 0 Å². The van der Waals surface area contributed by atoms with Gasteiger partial charge >= 0.3 is 0 Å². The van der Waals surface area contributed by atoms with E-state index in [9.17, 15) is 4.79 Å². The van der Waals surface area contributed by atoms with Crippen LogP contribution in [0.3, 0.4) is 0 Å². The second-order valence-electron chi connectivity index (χ2n) is 7.04. The number of hydrogen-bond donors (Lipinski definition) is 3. The molecule has 1 amide bonds. The lowest BCUT2D eigenvalue weighted by atomic mass is 9.91. The summed E-state index contributed by atoms with van der Waals surface area (Å²) in [6, 6.07) is 5.44. The van der Waals surface area contributed by atoms with Crippen LogP contribution in [0.1, 0.15) is 60.9 Å². The molecule has 29 heavy (non-hydrogen) atoms. The molecule has 0 spiro atoms. The van der Waals surface area contributed by atoms with E-state index in [1.165, 1.54) is 38.0 Å². The van der Waals surface area contributed by atoms with Crippen molar-refractivity contribution in [2.24, 2.45) is 0 Å². The molecule has 0 saturated heterocycles. The van der Waals surface area contributed by atoms with E-state index < -0.39 is 0 Å². The Labute approximate surface area is 182 Å². The summed E-state index contributed by atoms with van der Waals surface area (Å²) in [7, 11) is 0. The zero-order valence-corrected chi connectivity index (χ0v) is 18.2. The lowest BCUT2D eigenvalue weighted by Gasteiger charge is -2.19. The van der Waals surface area contributed by atoms with Gasteiger partial charge in [0.05, 0.1) is 30.4 Å². The van der Waals surface area contributed by atoms with Gasteiger partial charge in [-0.3, -0.25) is 4.79 Å². The Bertz CT molecular complexity index is 561. The molecular formula is C23H36ClN2O3. The molecule has 0 aliphatic heterocycles. The number of aliphatic hydroxyl groups is 1. The van der Waals surface area contributed by atoms with Crippen molar-refractivity contribution >= 4 is 17.5 Å². The molecule has 0 aromatic heterocycles. The minimum Gasteiger partial charge on any atom is -0.395 e. The van der Waals surface area contributed by atoms with E-state index in [1.807, 2.05) is 12.1 Å². The molecule has 6 heteroatoms. The fourth-order valence-corrected chi connectivity index (χ4v) is 3.46. The van der Waals surface area contributed by atoms with Crippen molar-refractivity contribution in [2.45, 2.75) is 51.6 Å². The molecule has 1 aromatic carbocycles. The van der Waals surface area contributed by atoms with Gasteiger partial charge in [0, 0.05) is 19.6 Å². The first-order valence-electron chi connectivity index (χ1n) is 10.00. The quantitative estimate of drug-likeness (QED) is 0.494. The van der Waals surface area contributed by atoms with E-state index in [-0.39, 0.29) is 27.4 Å². The van der Waals surface area contributed by atoms with E-state index in [0.29, 0.717) is 43.4 Å². The third kappa shape index (κ3) is 11.0. The Morgan fingerprint density at radius 2 is 1.76 bits per heavy atom. The number of aliphatic hydroxyl groups excluding tert-OH is 1. The van der Waals surface area contributed by atoms with Crippen molar-refractivity contribution in [3.8, 4) is 0 Å². The monoisotopic (exact) mass is 423 g/mol. The number of ether oxygens (including phenoxy) is 1. The van der Waals surface area contributed by atoms with Crippen molar-refractivity contribution in [1.82, 2.24) is 10.6 Å². The highest BCUT2D eigenvalue weighted by atomic mass is 35.5. The summed E-state index contributed by atoms with van der Waals surface area (Å²) in [5, 5.41) is 15.3. The van der Waals surface area contributed by atoms with Gasteiger partial charge in [-0.1, -0.05) is 64.6 Å². The summed E-state index contributed by atoms with van der Waals surface area (Å²) in [5.41, 5.74) is 1.42. The number of amides is 1. The smallest absolute Gasteiger partial charge is 0.252 e. The maximum absolute atomic E-state index is 12.6. The lowest BCUT2D eigenvalue weighted by molar-refractivity contribution is 0.0953. The number of rotatable bonds is 10. The fraction of sp³-hybridized carbons (Fsp3) is 0.565. The molecule has 0 heterocycles. The first kappa shape index (κ1) is 27.9. The topological polar surface area (TPSA) is 70.6 Å². The first-order chi connectivity index (χ1) is 13.2. The Morgan fingerprint density at radius 3 is 2.45 bits per heavy atom. The maximum atomic E-state index is 12.6. The van der Waals surface area contributed by atoms with Crippen LogP contribution in [0.15, 0.2) is 18.2 Å². The van der Waals surface area contributed by atoms with E-state index in [4.69, 9.17) is 21.4 Å². The van der Waals surface area contributed by atoms with Crippen molar-refractivity contribution in [3.63, 3.8) is 0 Å². The third-order valence-corrected chi connectivity index (χ3v) is 5.15. The number of benzene rings is 1. The molecule has 0 atom stereocenters. The molecule has 1 aliphatic rings. The van der Waals surface area contributed by atoms with Crippen molar-refractivity contribution in [1.29, 1.82) is 0 Å². The van der Waals surface area contributed by atoms with Crippen molar-refractivity contribution < 1.29 is 14.6 Å². The first-order valence-corrected chi connectivity index (χ1v) is 10.4. The number of nitrogens with one attached hydrogen (secondary N) is 2.